The molecule has 0 heterocycles. The van der Waals surface area contributed by atoms with Crippen molar-refractivity contribution in [3.8, 4) is 0 Å². The molecule has 0 aromatic carbocycles. The summed E-state index contributed by atoms with van der Waals surface area (Å²) in [5.74, 6) is 1.86. The van der Waals surface area contributed by atoms with Crippen LogP contribution in [0.1, 0.15) is 73.6 Å². The lowest BCUT2D eigenvalue weighted by Crippen LogP contribution is -2.06. The van der Waals surface area contributed by atoms with Gasteiger partial charge in [0.15, 0.2) is 0 Å². The first-order chi connectivity index (χ1) is 6.22. The van der Waals surface area contributed by atoms with Gasteiger partial charge in [0.25, 0.3) is 0 Å². The first kappa shape index (κ1) is 15.5. The van der Waals surface area contributed by atoms with Crippen molar-refractivity contribution in [2.45, 2.75) is 73.6 Å². The van der Waals surface area contributed by atoms with Gasteiger partial charge in [-0.15, -0.1) is 0 Å². The number of rotatable bonds is 6. The van der Waals surface area contributed by atoms with Crippen molar-refractivity contribution in [1.82, 2.24) is 0 Å². The molecule has 0 spiro atoms. The summed E-state index contributed by atoms with van der Waals surface area (Å²) < 4.78 is 0. The highest BCUT2D eigenvalue weighted by atomic mass is 14.1. The summed E-state index contributed by atoms with van der Waals surface area (Å²) in [7, 11) is 0. The lowest BCUT2D eigenvalue weighted by Gasteiger charge is -2.18. The van der Waals surface area contributed by atoms with Crippen molar-refractivity contribution >= 4 is 0 Å². The second-order valence-electron chi connectivity index (χ2n) is 3.91. The van der Waals surface area contributed by atoms with Crippen LogP contribution in [0, 0.1) is 11.8 Å². The molecule has 1 atom stereocenters. The fraction of sp³-hybridized carbons (Fsp3) is 1.00. The summed E-state index contributed by atoms with van der Waals surface area (Å²) in [5, 5.41) is 0. The van der Waals surface area contributed by atoms with Gasteiger partial charge in [-0.1, -0.05) is 73.6 Å². The number of hydrogen-bond acceptors (Lipinski definition) is 0. The molecule has 0 aliphatic heterocycles. The van der Waals surface area contributed by atoms with Crippen molar-refractivity contribution in [3.63, 3.8) is 0 Å². The largest absolute Gasteiger partial charge is 0.0683 e. The Kier molecular flexibility index (Phi) is 14.3. The van der Waals surface area contributed by atoms with Crippen molar-refractivity contribution in [3.05, 3.63) is 0 Å². The average molecular weight is 186 g/mol. The molecule has 0 aromatic heterocycles. The fourth-order valence-corrected chi connectivity index (χ4v) is 1.67. The maximum atomic E-state index is 2.35. The fourth-order valence-electron chi connectivity index (χ4n) is 1.67. The van der Waals surface area contributed by atoms with Crippen LogP contribution in [-0.2, 0) is 0 Å². The molecule has 82 valence electrons. The molecule has 1 unspecified atom stereocenters. The minimum absolute atomic E-state index is 0.886. The molecule has 0 saturated carbocycles. The second-order valence-corrected chi connectivity index (χ2v) is 3.91. The SMILES string of the molecule is CC.CCCCCC(CC)C(C)C. The Bertz CT molecular complexity index is 74.1. The first-order valence-corrected chi connectivity index (χ1v) is 6.22. The van der Waals surface area contributed by atoms with Crippen LogP contribution in [0.15, 0.2) is 0 Å². The molecular formula is C13H30. The zero-order chi connectivity index (χ0) is 10.7. The molecule has 0 heteroatoms. The summed E-state index contributed by atoms with van der Waals surface area (Å²) in [6.07, 6.45) is 7.02. The third-order valence-corrected chi connectivity index (χ3v) is 2.65. The topological polar surface area (TPSA) is 0 Å². The molecule has 0 bridgehead atoms. The maximum absolute atomic E-state index is 2.35. The minimum Gasteiger partial charge on any atom is -0.0683 e. The van der Waals surface area contributed by atoms with Gasteiger partial charge in [0.05, 0.1) is 0 Å². The first-order valence-electron chi connectivity index (χ1n) is 6.22. The highest BCUT2D eigenvalue weighted by molar-refractivity contribution is 4.60. The molecule has 0 radical (unpaired) electrons. The van der Waals surface area contributed by atoms with E-state index in [4.69, 9.17) is 0 Å². The van der Waals surface area contributed by atoms with Gasteiger partial charge in [0.2, 0.25) is 0 Å². The lowest BCUT2D eigenvalue weighted by molar-refractivity contribution is 0.337. The predicted octanol–water partition coefficient (Wildman–Crippen LogP) is 5.28. The third kappa shape index (κ3) is 9.92. The maximum Gasteiger partial charge on any atom is -0.0394 e. The zero-order valence-electron chi connectivity index (χ0n) is 10.7. The Morgan fingerprint density at radius 2 is 1.46 bits per heavy atom. The van der Waals surface area contributed by atoms with Gasteiger partial charge >= 0.3 is 0 Å². The van der Waals surface area contributed by atoms with E-state index in [0.717, 1.165) is 11.8 Å². The van der Waals surface area contributed by atoms with Crippen LogP contribution >= 0.6 is 0 Å². The van der Waals surface area contributed by atoms with Crippen molar-refractivity contribution in [2.24, 2.45) is 11.8 Å². The smallest absolute Gasteiger partial charge is 0.0394 e. The molecule has 0 aliphatic carbocycles. The highest BCUT2D eigenvalue weighted by Crippen LogP contribution is 2.21. The van der Waals surface area contributed by atoms with E-state index in [1.54, 1.807) is 0 Å². The molecular weight excluding hydrogens is 156 g/mol. The van der Waals surface area contributed by atoms with E-state index in [1.165, 1.54) is 32.1 Å². The normalized spacial score (nSPS) is 12.2. The van der Waals surface area contributed by atoms with Gasteiger partial charge in [-0.25, -0.2) is 0 Å². The Labute approximate surface area is 86.1 Å². The van der Waals surface area contributed by atoms with Gasteiger partial charge in [0.1, 0.15) is 0 Å². The number of unbranched alkanes of at least 4 members (excludes halogenated alkanes) is 2. The highest BCUT2D eigenvalue weighted by Gasteiger charge is 2.09. The van der Waals surface area contributed by atoms with Crippen LogP contribution in [0.3, 0.4) is 0 Å². The Hall–Kier alpha value is 0. The molecule has 0 aromatic rings. The van der Waals surface area contributed by atoms with Crippen LogP contribution in [0.4, 0.5) is 0 Å². The average Bonchev–Trinajstić information content (AvgIpc) is 2.15. The summed E-state index contributed by atoms with van der Waals surface area (Å²) >= 11 is 0. The lowest BCUT2D eigenvalue weighted by atomic mass is 9.88. The molecule has 0 rings (SSSR count). The van der Waals surface area contributed by atoms with E-state index in [0.29, 0.717) is 0 Å². The zero-order valence-corrected chi connectivity index (χ0v) is 10.7. The predicted molar refractivity (Wildman–Crippen MR) is 64.1 cm³/mol. The van der Waals surface area contributed by atoms with E-state index in [9.17, 15) is 0 Å². The van der Waals surface area contributed by atoms with Crippen LogP contribution in [0.2, 0.25) is 0 Å². The molecule has 0 N–H and O–H groups in total. The van der Waals surface area contributed by atoms with Gasteiger partial charge in [-0.2, -0.15) is 0 Å². The van der Waals surface area contributed by atoms with Crippen molar-refractivity contribution in [2.75, 3.05) is 0 Å². The van der Waals surface area contributed by atoms with Gasteiger partial charge in [-0.05, 0) is 11.8 Å². The van der Waals surface area contributed by atoms with Crippen molar-refractivity contribution in [1.29, 1.82) is 0 Å². The molecule has 0 fully saturated rings. The Morgan fingerprint density at radius 1 is 0.923 bits per heavy atom. The third-order valence-electron chi connectivity index (χ3n) is 2.65. The van der Waals surface area contributed by atoms with Crippen molar-refractivity contribution < 1.29 is 0 Å². The van der Waals surface area contributed by atoms with Crippen LogP contribution in [0.25, 0.3) is 0 Å². The standard InChI is InChI=1S/C11H24.C2H6/c1-5-7-8-9-11(6-2)10(3)4;1-2/h10-11H,5-9H2,1-4H3;1-2H3. The van der Waals surface area contributed by atoms with E-state index < -0.39 is 0 Å². The van der Waals surface area contributed by atoms with Crippen LogP contribution < -0.4 is 0 Å². The Morgan fingerprint density at radius 3 is 1.77 bits per heavy atom. The van der Waals surface area contributed by atoms with Gasteiger partial charge in [-0.3, -0.25) is 0 Å². The van der Waals surface area contributed by atoms with Crippen LogP contribution in [0.5, 0.6) is 0 Å². The second kappa shape index (κ2) is 12.0. The Balaban J connectivity index is 0. The summed E-state index contributed by atoms with van der Waals surface area (Å²) in [6, 6.07) is 0. The van der Waals surface area contributed by atoms with Gasteiger partial charge < -0.3 is 0 Å². The van der Waals surface area contributed by atoms with Gasteiger partial charge in [0, 0.05) is 0 Å². The quantitative estimate of drug-likeness (QED) is 0.495. The summed E-state index contributed by atoms with van der Waals surface area (Å²) in [4.78, 5) is 0. The molecule has 0 amide bonds. The number of hydrogen-bond donors (Lipinski definition) is 0. The molecule has 0 nitrogen and oxygen atoms in total. The minimum atomic E-state index is 0.886. The molecule has 13 heavy (non-hydrogen) atoms. The van der Waals surface area contributed by atoms with E-state index >= 15 is 0 Å². The van der Waals surface area contributed by atoms with Crippen LogP contribution in [-0.4, -0.2) is 0 Å². The van der Waals surface area contributed by atoms with E-state index in [1.807, 2.05) is 13.8 Å². The van der Waals surface area contributed by atoms with E-state index in [-0.39, 0.29) is 0 Å². The molecule has 0 aliphatic rings. The monoisotopic (exact) mass is 186 g/mol. The molecule has 0 saturated heterocycles. The van der Waals surface area contributed by atoms with E-state index in [2.05, 4.69) is 27.7 Å². The summed E-state index contributed by atoms with van der Waals surface area (Å²) in [5.41, 5.74) is 0. The summed E-state index contributed by atoms with van der Waals surface area (Å²) in [6.45, 7) is 13.3.